The van der Waals surface area contributed by atoms with Crippen molar-refractivity contribution < 1.29 is 14.0 Å². The Kier molecular flexibility index (Phi) is 8.18. The fourth-order valence-electron chi connectivity index (χ4n) is 6.92. The number of anilines is 2. The molecule has 0 bridgehead atoms. The Morgan fingerprint density at radius 1 is 0.976 bits per heavy atom. The van der Waals surface area contributed by atoms with Gasteiger partial charge in [-0.3, -0.25) is 14.9 Å². The van der Waals surface area contributed by atoms with E-state index in [0.29, 0.717) is 28.1 Å². The number of halogens is 1. The first kappa shape index (κ1) is 28.8. The normalized spacial score (nSPS) is 21.7. The molecule has 3 atom stereocenters. The van der Waals surface area contributed by atoms with Gasteiger partial charge in [0.05, 0.1) is 6.04 Å². The Balaban J connectivity index is 1.55. The molecule has 41 heavy (non-hydrogen) atoms. The van der Waals surface area contributed by atoms with Crippen LogP contribution in [0, 0.1) is 19.7 Å². The van der Waals surface area contributed by atoms with E-state index in [1.54, 1.807) is 37.3 Å². The van der Waals surface area contributed by atoms with Gasteiger partial charge in [-0.05, 0) is 93.1 Å². The van der Waals surface area contributed by atoms with E-state index in [2.05, 4.69) is 28.1 Å². The first-order valence-electron chi connectivity index (χ1n) is 14.7. The number of hydrogen-bond donors (Lipinski definition) is 4. The number of carbonyl (C=O) groups excluding carboxylic acids is 2. The molecule has 2 unspecified atom stereocenters. The molecule has 7 heteroatoms. The van der Waals surface area contributed by atoms with Gasteiger partial charge in [0.1, 0.15) is 5.82 Å². The lowest BCUT2D eigenvalue weighted by Gasteiger charge is -2.41. The van der Waals surface area contributed by atoms with Gasteiger partial charge in [0, 0.05) is 40.4 Å². The van der Waals surface area contributed by atoms with E-state index in [1.165, 1.54) is 0 Å². The summed E-state index contributed by atoms with van der Waals surface area (Å²) in [6, 6.07) is 17.7. The van der Waals surface area contributed by atoms with Crippen molar-refractivity contribution in [2.45, 2.75) is 89.3 Å². The molecule has 3 aromatic rings. The van der Waals surface area contributed by atoms with Crippen molar-refractivity contribution in [1.29, 1.82) is 0 Å². The zero-order valence-corrected chi connectivity index (χ0v) is 24.4. The SMILES string of the molecule is Cc1ccc(C2[C@@H](c3cccc(C)c3F)C(C(=O)Nc3ccc(C(=O)NC(C)C)cc3)NC23CCCCC3)c(N)c1. The first-order valence-corrected chi connectivity index (χ1v) is 14.7. The molecule has 5 rings (SSSR count). The molecule has 6 nitrogen and oxygen atoms in total. The van der Waals surface area contributed by atoms with Gasteiger partial charge in [0.25, 0.3) is 5.91 Å². The molecular weight excluding hydrogens is 515 g/mol. The standard InChI is InChI=1S/C34H41FN4O2/c1-20(2)37-32(40)23-12-14-24(15-13-23)38-33(41)31-28(26-10-8-9-22(4)30(26)35)29(25-16-11-21(3)19-27(25)36)34(39-31)17-6-5-7-18-34/h8-16,19-20,28-29,31,39H,5-7,17-18,36H2,1-4H3,(H,37,40)(H,38,41)/t28-,29?,31?/m1/s1. The molecule has 1 aliphatic heterocycles. The van der Waals surface area contributed by atoms with Crippen molar-refractivity contribution in [3.05, 3.63) is 94.3 Å². The maximum Gasteiger partial charge on any atom is 0.251 e. The van der Waals surface area contributed by atoms with Gasteiger partial charge in [0.2, 0.25) is 5.91 Å². The molecule has 5 N–H and O–H groups in total. The van der Waals surface area contributed by atoms with Crippen LogP contribution in [-0.4, -0.2) is 29.4 Å². The Morgan fingerprint density at radius 3 is 2.34 bits per heavy atom. The Hall–Kier alpha value is -3.71. The van der Waals surface area contributed by atoms with E-state index in [4.69, 9.17) is 5.73 Å². The van der Waals surface area contributed by atoms with E-state index in [9.17, 15) is 9.59 Å². The minimum Gasteiger partial charge on any atom is -0.398 e. The van der Waals surface area contributed by atoms with Crippen LogP contribution in [0.25, 0.3) is 0 Å². The molecule has 2 amide bonds. The third-order valence-electron chi connectivity index (χ3n) is 8.78. The third-order valence-corrected chi connectivity index (χ3v) is 8.78. The summed E-state index contributed by atoms with van der Waals surface area (Å²) in [7, 11) is 0. The van der Waals surface area contributed by atoms with Crippen molar-refractivity contribution in [3.8, 4) is 0 Å². The minimum atomic E-state index is -0.681. The van der Waals surface area contributed by atoms with Crippen LogP contribution in [0.2, 0.25) is 0 Å². The quantitative estimate of drug-likeness (QED) is 0.266. The van der Waals surface area contributed by atoms with Crippen LogP contribution in [0.3, 0.4) is 0 Å². The summed E-state index contributed by atoms with van der Waals surface area (Å²) >= 11 is 0. The number of nitrogen functional groups attached to an aromatic ring is 1. The smallest absolute Gasteiger partial charge is 0.251 e. The Morgan fingerprint density at radius 2 is 1.68 bits per heavy atom. The van der Waals surface area contributed by atoms with Gasteiger partial charge >= 0.3 is 0 Å². The van der Waals surface area contributed by atoms with E-state index >= 15 is 4.39 Å². The topological polar surface area (TPSA) is 96.2 Å². The van der Waals surface area contributed by atoms with Gasteiger partial charge < -0.3 is 16.4 Å². The van der Waals surface area contributed by atoms with E-state index in [0.717, 1.165) is 43.2 Å². The molecule has 1 saturated carbocycles. The zero-order chi connectivity index (χ0) is 29.3. The number of nitrogens with one attached hydrogen (secondary N) is 3. The molecule has 2 fully saturated rings. The van der Waals surface area contributed by atoms with Crippen molar-refractivity contribution >= 4 is 23.2 Å². The number of carbonyl (C=O) groups is 2. The van der Waals surface area contributed by atoms with Crippen LogP contribution in [0.1, 0.15) is 90.4 Å². The van der Waals surface area contributed by atoms with E-state index in [1.807, 2.05) is 39.0 Å². The lowest BCUT2D eigenvalue weighted by atomic mass is 9.66. The molecule has 2 aliphatic rings. The summed E-state index contributed by atoms with van der Waals surface area (Å²) in [5.41, 5.74) is 11.2. The van der Waals surface area contributed by atoms with Gasteiger partial charge in [-0.1, -0.05) is 49.6 Å². The fraction of sp³-hybridized carbons (Fsp3) is 0.412. The average molecular weight is 557 g/mol. The maximum atomic E-state index is 15.9. The third kappa shape index (κ3) is 5.73. The van der Waals surface area contributed by atoms with Gasteiger partial charge in [-0.15, -0.1) is 0 Å². The lowest BCUT2D eigenvalue weighted by molar-refractivity contribution is -0.118. The Labute approximate surface area is 242 Å². The Bertz CT molecular complexity index is 1430. The number of hydrogen-bond acceptors (Lipinski definition) is 4. The van der Waals surface area contributed by atoms with E-state index in [-0.39, 0.29) is 35.1 Å². The maximum absolute atomic E-state index is 15.9. The van der Waals surface area contributed by atoms with Crippen molar-refractivity contribution in [1.82, 2.24) is 10.6 Å². The van der Waals surface area contributed by atoms with Crippen LogP contribution >= 0.6 is 0 Å². The average Bonchev–Trinajstić information content (AvgIpc) is 3.24. The molecule has 1 aliphatic carbocycles. The summed E-state index contributed by atoms with van der Waals surface area (Å²) in [5, 5.41) is 9.70. The molecule has 0 aromatic heterocycles. The van der Waals surface area contributed by atoms with Gasteiger partial charge in [0.15, 0.2) is 0 Å². The van der Waals surface area contributed by atoms with E-state index < -0.39 is 12.0 Å². The minimum absolute atomic E-state index is 0.0249. The van der Waals surface area contributed by atoms with Crippen molar-refractivity contribution in [2.24, 2.45) is 0 Å². The van der Waals surface area contributed by atoms with Crippen LogP contribution in [0.5, 0.6) is 0 Å². The highest BCUT2D eigenvalue weighted by atomic mass is 19.1. The molecule has 1 heterocycles. The molecule has 1 saturated heterocycles. The summed E-state index contributed by atoms with van der Waals surface area (Å²) in [4.78, 5) is 26.5. The van der Waals surface area contributed by atoms with Gasteiger partial charge in [-0.25, -0.2) is 4.39 Å². The van der Waals surface area contributed by atoms with Gasteiger partial charge in [-0.2, -0.15) is 0 Å². The molecule has 216 valence electrons. The largest absolute Gasteiger partial charge is 0.398 e. The number of rotatable bonds is 6. The second-order valence-electron chi connectivity index (χ2n) is 12.1. The van der Waals surface area contributed by atoms with Crippen LogP contribution < -0.4 is 21.7 Å². The molecule has 0 radical (unpaired) electrons. The molecular formula is C34H41FN4O2. The predicted octanol–water partition coefficient (Wildman–Crippen LogP) is 6.34. The zero-order valence-electron chi connectivity index (χ0n) is 24.4. The van der Waals surface area contributed by atoms with Crippen LogP contribution in [0.4, 0.5) is 15.8 Å². The summed E-state index contributed by atoms with van der Waals surface area (Å²) in [6.07, 6.45) is 4.98. The van der Waals surface area contributed by atoms with Crippen LogP contribution in [0.15, 0.2) is 60.7 Å². The highest BCUT2D eigenvalue weighted by Gasteiger charge is 2.57. The summed E-state index contributed by atoms with van der Waals surface area (Å²) in [6.45, 7) is 7.59. The number of benzene rings is 3. The highest BCUT2D eigenvalue weighted by molar-refractivity contribution is 5.98. The second kappa shape index (κ2) is 11.6. The summed E-state index contributed by atoms with van der Waals surface area (Å²) < 4.78 is 15.9. The van der Waals surface area contributed by atoms with Crippen LogP contribution in [-0.2, 0) is 4.79 Å². The highest BCUT2D eigenvalue weighted by Crippen LogP contribution is 2.55. The fourth-order valence-corrected chi connectivity index (χ4v) is 6.92. The monoisotopic (exact) mass is 556 g/mol. The van der Waals surface area contributed by atoms with Crippen molar-refractivity contribution in [3.63, 3.8) is 0 Å². The second-order valence-corrected chi connectivity index (χ2v) is 12.1. The van der Waals surface area contributed by atoms with Crippen molar-refractivity contribution in [2.75, 3.05) is 11.1 Å². The molecule has 3 aromatic carbocycles. The number of amides is 2. The first-order chi connectivity index (χ1) is 19.6. The predicted molar refractivity (Wildman–Crippen MR) is 163 cm³/mol. The number of aryl methyl sites for hydroxylation is 2. The summed E-state index contributed by atoms with van der Waals surface area (Å²) in [5.74, 6) is -1.32. The number of nitrogens with two attached hydrogens (primary N) is 1. The molecule has 1 spiro atoms. The lowest BCUT2D eigenvalue weighted by Crippen LogP contribution is -2.50.